The number of benzene rings is 2. The number of aliphatic carboxylic acids is 1. The first-order valence-electron chi connectivity index (χ1n) is 10.8. The molecule has 1 saturated heterocycles. The van der Waals surface area contributed by atoms with Crippen LogP contribution in [0.5, 0.6) is 0 Å². The zero-order valence-electron chi connectivity index (χ0n) is 18.1. The maximum absolute atomic E-state index is 12.3. The molecule has 1 fully saturated rings. The van der Waals surface area contributed by atoms with Gasteiger partial charge in [0, 0.05) is 24.8 Å². The van der Waals surface area contributed by atoms with Gasteiger partial charge in [-0.2, -0.15) is 11.8 Å². The van der Waals surface area contributed by atoms with Gasteiger partial charge in [-0.05, 0) is 22.3 Å². The summed E-state index contributed by atoms with van der Waals surface area (Å²) in [6.45, 7) is 1.30. The van der Waals surface area contributed by atoms with Crippen molar-refractivity contribution in [3.8, 4) is 11.1 Å². The Labute approximate surface area is 196 Å². The molecule has 0 aromatic heterocycles. The molecule has 0 radical (unpaired) electrons. The van der Waals surface area contributed by atoms with E-state index in [2.05, 4.69) is 29.6 Å². The van der Waals surface area contributed by atoms with Crippen molar-refractivity contribution in [1.82, 2.24) is 10.2 Å². The van der Waals surface area contributed by atoms with E-state index >= 15 is 0 Å². The molecule has 2 aromatic carbocycles. The van der Waals surface area contributed by atoms with E-state index < -0.39 is 18.2 Å². The first-order valence-corrected chi connectivity index (χ1v) is 12.0. The van der Waals surface area contributed by atoms with Crippen LogP contribution in [0.2, 0.25) is 0 Å². The molecular weight excluding hydrogens is 444 g/mol. The predicted molar refractivity (Wildman–Crippen MR) is 124 cm³/mol. The second-order valence-corrected chi connectivity index (χ2v) is 8.95. The highest BCUT2D eigenvalue weighted by molar-refractivity contribution is 7.99. The number of morpholine rings is 1. The fourth-order valence-electron chi connectivity index (χ4n) is 4.15. The Morgan fingerprint density at radius 3 is 2.42 bits per heavy atom. The second-order valence-electron chi connectivity index (χ2n) is 7.84. The number of rotatable bonds is 8. The van der Waals surface area contributed by atoms with E-state index in [0.29, 0.717) is 18.8 Å². The predicted octanol–water partition coefficient (Wildman–Crippen LogP) is 2.57. The van der Waals surface area contributed by atoms with E-state index in [1.165, 1.54) is 27.8 Å². The van der Waals surface area contributed by atoms with Crippen molar-refractivity contribution in [2.24, 2.45) is 0 Å². The lowest BCUT2D eigenvalue weighted by molar-refractivity contribution is -0.158. The molecule has 9 heteroatoms. The molecule has 0 bridgehead atoms. The van der Waals surface area contributed by atoms with Gasteiger partial charge in [-0.25, -0.2) is 9.59 Å². The molecule has 2 aliphatic rings. The van der Waals surface area contributed by atoms with Crippen molar-refractivity contribution >= 4 is 29.7 Å². The number of nitrogens with zero attached hydrogens (tertiary/aromatic N) is 1. The fourth-order valence-corrected chi connectivity index (χ4v) is 4.90. The fraction of sp³-hybridized carbons (Fsp3) is 0.375. The van der Waals surface area contributed by atoms with Crippen LogP contribution in [-0.4, -0.2) is 78.4 Å². The number of carbonyl (C=O) groups excluding carboxylic acids is 2. The van der Waals surface area contributed by atoms with E-state index in [0.717, 1.165) is 11.1 Å². The van der Waals surface area contributed by atoms with Crippen LogP contribution in [0.4, 0.5) is 4.79 Å². The molecule has 1 aliphatic heterocycles. The molecule has 0 saturated carbocycles. The minimum atomic E-state index is -1.06. The lowest BCUT2D eigenvalue weighted by Crippen LogP contribution is -2.49. The Morgan fingerprint density at radius 1 is 1.09 bits per heavy atom. The zero-order valence-corrected chi connectivity index (χ0v) is 18.9. The molecule has 8 nitrogen and oxygen atoms in total. The van der Waals surface area contributed by atoms with Crippen LogP contribution in [0.25, 0.3) is 11.1 Å². The summed E-state index contributed by atoms with van der Waals surface area (Å²) in [7, 11) is 0. The quantitative estimate of drug-likeness (QED) is 0.572. The molecule has 1 heterocycles. The third-order valence-corrected chi connectivity index (χ3v) is 6.72. The summed E-state index contributed by atoms with van der Waals surface area (Å²) in [6.07, 6.45) is -1.45. The number of carbonyl (C=O) groups is 3. The topological polar surface area (TPSA) is 105 Å². The average Bonchev–Trinajstić information content (AvgIpc) is 3.16. The van der Waals surface area contributed by atoms with Gasteiger partial charge in [0.05, 0.1) is 18.9 Å². The standard InChI is InChI=1S/C24H26N2O6S/c27-22(26-10-11-31-21(13-26)23(28)29)15-33-12-9-25-24(30)32-14-20-18-7-3-1-5-16(18)17-6-2-4-8-19(17)20/h1-8,20-21H,9-15H2,(H,25,30)(H,28,29). The largest absolute Gasteiger partial charge is 0.479 e. The zero-order chi connectivity index (χ0) is 23.2. The summed E-state index contributed by atoms with van der Waals surface area (Å²) in [5.74, 6) is -0.414. The van der Waals surface area contributed by atoms with Crippen molar-refractivity contribution in [3.63, 3.8) is 0 Å². The van der Waals surface area contributed by atoms with Crippen LogP contribution >= 0.6 is 11.8 Å². The minimum absolute atomic E-state index is 0.0123. The Morgan fingerprint density at radius 2 is 1.76 bits per heavy atom. The van der Waals surface area contributed by atoms with Crippen molar-refractivity contribution in [2.75, 3.05) is 44.4 Å². The monoisotopic (exact) mass is 470 g/mol. The number of thioether (sulfide) groups is 1. The van der Waals surface area contributed by atoms with E-state index in [4.69, 9.17) is 14.6 Å². The lowest BCUT2D eigenvalue weighted by Gasteiger charge is -2.30. The minimum Gasteiger partial charge on any atom is -0.479 e. The van der Waals surface area contributed by atoms with Crippen LogP contribution in [-0.2, 0) is 19.1 Å². The molecule has 33 heavy (non-hydrogen) atoms. The van der Waals surface area contributed by atoms with E-state index in [1.54, 1.807) is 0 Å². The number of carboxylic acid groups (broad SMARTS) is 1. The summed E-state index contributed by atoms with van der Waals surface area (Å²) in [6, 6.07) is 16.3. The number of ether oxygens (including phenoxy) is 2. The molecule has 174 valence electrons. The van der Waals surface area contributed by atoms with Gasteiger partial charge in [-0.3, -0.25) is 4.79 Å². The van der Waals surface area contributed by atoms with Gasteiger partial charge in [0.1, 0.15) is 6.61 Å². The Hall–Kier alpha value is -3.04. The van der Waals surface area contributed by atoms with Crippen molar-refractivity contribution in [2.45, 2.75) is 12.0 Å². The lowest BCUT2D eigenvalue weighted by atomic mass is 9.98. The van der Waals surface area contributed by atoms with Crippen molar-refractivity contribution in [1.29, 1.82) is 0 Å². The summed E-state index contributed by atoms with van der Waals surface area (Å²) in [5, 5.41) is 11.8. The van der Waals surface area contributed by atoms with Crippen LogP contribution in [0.15, 0.2) is 48.5 Å². The van der Waals surface area contributed by atoms with Crippen LogP contribution in [0.3, 0.4) is 0 Å². The molecule has 1 aliphatic carbocycles. The number of amides is 2. The molecule has 1 unspecified atom stereocenters. The summed E-state index contributed by atoms with van der Waals surface area (Å²) in [4.78, 5) is 37.0. The van der Waals surface area contributed by atoms with Gasteiger partial charge >= 0.3 is 12.1 Å². The van der Waals surface area contributed by atoms with Crippen molar-refractivity contribution in [3.05, 3.63) is 59.7 Å². The summed E-state index contributed by atoms with van der Waals surface area (Å²) < 4.78 is 10.6. The molecule has 2 aromatic rings. The number of carboxylic acids is 1. The number of fused-ring (bicyclic) bond motifs is 3. The van der Waals surface area contributed by atoms with Gasteiger partial charge in [0.25, 0.3) is 0 Å². The number of hydrogen-bond acceptors (Lipinski definition) is 6. The smallest absolute Gasteiger partial charge is 0.407 e. The normalized spacial score (nSPS) is 17.2. The molecule has 2 amide bonds. The van der Waals surface area contributed by atoms with E-state index in [-0.39, 0.29) is 37.3 Å². The number of alkyl carbamates (subject to hydrolysis) is 1. The van der Waals surface area contributed by atoms with E-state index in [1.807, 2.05) is 24.3 Å². The molecule has 1 atom stereocenters. The molecular formula is C24H26N2O6S. The highest BCUT2D eigenvalue weighted by atomic mass is 32.2. The number of hydrogen-bond donors (Lipinski definition) is 2. The Bertz CT molecular complexity index is 984. The Balaban J connectivity index is 1.17. The van der Waals surface area contributed by atoms with Crippen LogP contribution in [0, 0.1) is 0 Å². The second kappa shape index (κ2) is 10.7. The first-order chi connectivity index (χ1) is 16.0. The molecule has 2 N–H and O–H groups in total. The van der Waals surface area contributed by atoms with Crippen molar-refractivity contribution < 1.29 is 29.0 Å². The van der Waals surface area contributed by atoms with Gasteiger partial charge < -0.3 is 24.8 Å². The first kappa shape index (κ1) is 23.1. The third kappa shape index (κ3) is 5.48. The SMILES string of the molecule is O=C(NCCSCC(=O)N1CCOC(C(=O)O)C1)OCC1c2ccccc2-c2ccccc21. The average molecular weight is 471 g/mol. The number of nitrogens with one attached hydrogen (secondary N) is 1. The molecule has 4 rings (SSSR count). The summed E-state index contributed by atoms with van der Waals surface area (Å²) in [5.41, 5.74) is 4.68. The third-order valence-electron chi connectivity index (χ3n) is 5.78. The molecule has 0 spiro atoms. The van der Waals surface area contributed by atoms with Crippen LogP contribution < -0.4 is 5.32 Å². The van der Waals surface area contributed by atoms with Gasteiger partial charge in [-0.1, -0.05) is 48.5 Å². The van der Waals surface area contributed by atoms with E-state index in [9.17, 15) is 14.4 Å². The Kier molecular flexibility index (Phi) is 7.51. The highest BCUT2D eigenvalue weighted by Gasteiger charge is 2.30. The van der Waals surface area contributed by atoms with Gasteiger partial charge in [0.2, 0.25) is 5.91 Å². The van der Waals surface area contributed by atoms with Gasteiger partial charge in [-0.15, -0.1) is 0 Å². The van der Waals surface area contributed by atoms with Gasteiger partial charge in [0.15, 0.2) is 6.10 Å². The maximum Gasteiger partial charge on any atom is 0.407 e. The highest BCUT2D eigenvalue weighted by Crippen LogP contribution is 2.44. The van der Waals surface area contributed by atoms with Crippen LogP contribution in [0.1, 0.15) is 17.0 Å². The maximum atomic E-state index is 12.3. The summed E-state index contributed by atoms with van der Waals surface area (Å²) >= 11 is 1.38.